The molecule has 2 aromatic carbocycles. The van der Waals surface area contributed by atoms with Crippen molar-refractivity contribution in [2.45, 2.75) is 44.0 Å². The Morgan fingerprint density at radius 2 is 1.82 bits per heavy atom. The Labute approximate surface area is 197 Å². The van der Waals surface area contributed by atoms with Crippen molar-refractivity contribution in [3.05, 3.63) is 59.7 Å². The lowest BCUT2D eigenvalue weighted by atomic mass is 9.96. The molecule has 1 heterocycles. The number of morpholine rings is 1. The van der Waals surface area contributed by atoms with Crippen molar-refractivity contribution in [1.82, 2.24) is 9.62 Å². The maximum absolute atomic E-state index is 13.0. The third kappa shape index (κ3) is 6.79. The summed E-state index contributed by atoms with van der Waals surface area (Å²) in [5, 5.41) is 3.15. The monoisotopic (exact) mass is 474 g/mol. The molecule has 1 fully saturated rings. The fraction of sp³-hybridized carbons (Fsp3) is 0.480. The number of rotatable bonds is 10. The predicted octanol–water partition coefficient (Wildman–Crippen LogP) is 3.55. The molecule has 0 bridgehead atoms. The second kappa shape index (κ2) is 11.6. The molecule has 1 saturated heterocycles. The first-order valence-electron chi connectivity index (χ1n) is 11.4. The standard InChI is InChI=1S/C25H34N2O5S/c1-19(2)17-23(20-7-5-4-6-8-20)26-25(28)12-9-21-18-22(10-11-24(21)31-3)33(29,30)27-13-15-32-16-14-27/h4-8,10-11,18-19,23H,9,12-17H2,1-3H3,(H,26,28)/t23-/m1/s1. The first-order chi connectivity index (χ1) is 15.8. The van der Waals surface area contributed by atoms with E-state index >= 15 is 0 Å². The summed E-state index contributed by atoms with van der Waals surface area (Å²) >= 11 is 0. The van der Waals surface area contributed by atoms with E-state index in [1.807, 2.05) is 30.3 Å². The van der Waals surface area contributed by atoms with Crippen molar-refractivity contribution >= 4 is 15.9 Å². The number of nitrogens with one attached hydrogen (secondary N) is 1. The van der Waals surface area contributed by atoms with Crippen LogP contribution in [0.1, 0.15) is 43.9 Å². The number of methoxy groups -OCH3 is 1. The van der Waals surface area contributed by atoms with E-state index in [-0.39, 0.29) is 23.3 Å². The van der Waals surface area contributed by atoms with E-state index in [2.05, 4.69) is 19.2 Å². The van der Waals surface area contributed by atoms with Crippen LogP contribution in [0.5, 0.6) is 5.75 Å². The number of carbonyl (C=O) groups is 1. The Balaban J connectivity index is 1.71. The molecule has 1 N–H and O–H groups in total. The van der Waals surface area contributed by atoms with Gasteiger partial charge in [-0.3, -0.25) is 4.79 Å². The van der Waals surface area contributed by atoms with Gasteiger partial charge in [0.25, 0.3) is 0 Å². The van der Waals surface area contributed by atoms with Crippen molar-refractivity contribution < 1.29 is 22.7 Å². The van der Waals surface area contributed by atoms with Crippen LogP contribution in [0.4, 0.5) is 0 Å². The number of hydrogen-bond donors (Lipinski definition) is 1. The normalized spacial score (nSPS) is 15.9. The van der Waals surface area contributed by atoms with Gasteiger partial charge in [-0.15, -0.1) is 0 Å². The largest absolute Gasteiger partial charge is 0.496 e. The Bertz CT molecular complexity index is 1020. The lowest BCUT2D eigenvalue weighted by Crippen LogP contribution is -2.40. The van der Waals surface area contributed by atoms with Crippen LogP contribution >= 0.6 is 0 Å². The fourth-order valence-corrected chi connectivity index (χ4v) is 5.46. The lowest BCUT2D eigenvalue weighted by Gasteiger charge is -2.26. The first kappa shape index (κ1) is 25.2. The summed E-state index contributed by atoms with van der Waals surface area (Å²) < 4.78 is 38.2. The number of aryl methyl sites for hydroxylation is 1. The van der Waals surface area contributed by atoms with Crippen LogP contribution < -0.4 is 10.1 Å². The van der Waals surface area contributed by atoms with Crippen LogP contribution in [0.2, 0.25) is 0 Å². The second-order valence-electron chi connectivity index (χ2n) is 8.65. The van der Waals surface area contributed by atoms with E-state index in [4.69, 9.17) is 9.47 Å². The molecule has 180 valence electrons. The van der Waals surface area contributed by atoms with E-state index in [0.717, 1.165) is 12.0 Å². The number of nitrogens with zero attached hydrogens (tertiary/aromatic N) is 1. The van der Waals surface area contributed by atoms with Crippen molar-refractivity contribution in [1.29, 1.82) is 0 Å². The van der Waals surface area contributed by atoms with Gasteiger partial charge in [0.1, 0.15) is 5.75 Å². The number of hydrogen-bond acceptors (Lipinski definition) is 5. The smallest absolute Gasteiger partial charge is 0.243 e. The summed E-state index contributed by atoms with van der Waals surface area (Å²) in [4.78, 5) is 13.0. The molecular weight excluding hydrogens is 440 g/mol. The molecule has 3 rings (SSSR count). The molecule has 33 heavy (non-hydrogen) atoms. The third-order valence-corrected chi connectivity index (χ3v) is 7.62. The van der Waals surface area contributed by atoms with Gasteiger partial charge in [-0.2, -0.15) is 4.31 Å². The fourth-order valence-electron chi connectivity index (χ4n) is 4.00. The number of ether oxygens (including phenoxy) is 2. The van der Waals surface area contributed by atoms with Crippen molar-refractivity contribution in [2.24, 2.45) is 5.92 Å². The minimum atomic E-state index is -3.62. The van der Waals surface area contributed by atoms with Crippen LogP contribution in [0.3, 0.4) is 0 Å². The van der Waals surface area contributed by atoms with E-state index < -0.39 is 10.0 Å². The summed E-state index contributed by atoms with van der Waals surface area (Å²) in [7, 11) is -2.07. The first-order valence-corrected chi connectivity index (χ1v) is 12.8. The highest BCUT2D eigenvalue weighted by Gasteiger charge is 2.27. The maximum Gasteiger partial charge on any atom is 0.243 e. The van der Waals surface area contributed by atoms with Gasteiger partial charge >= 0.3 is 0 Å². The van der Waals surface area contributed by atoms with E-state index in [9.17, 15) is 13.2 Å². The SMILES string of the molecule is COc1ccc(S(=O)(=O)N2CCOCC2)cc1CCC(=O)N[C@H](CC(C)C)c1ccccc1. The molecule has 0 radical (unpaired) electrons. The van der Waals surface area contributed by atoms with Gasteiger partial charge in [0.05, 0.1) is 31.3 Å². The summed E-state index contributed by atoms with van der Waals surface area (Å²) in [6.45, 7) is 5.72. The quantitative estimate of drug-likeness (QED) is 0.569. The number of benzene rings is 2. The molecule has 0 aliphatic carbocycles. The van der Waals surface area contributed by atoms with Crippen molar-refractivity contribution in [2.75, 3.05) is 33.4 Å². The summed E-state index contributed by atoms with van der Waals surface area (Å²) in [6.07, 6.45) is 1.45. The van der Waals surface area contributed by atoms with Gasteiger partial charge in [0.2, 0.25) is 15.9 Å². The number of carbonyl (C=O) groups excluding carboxylic acids is 1. The van der Waals surface area contributed by atoms with Crippen LogP contribution in [0.25, 0.3) is 0 Å². The highest BCUT2D eigenvalue weighted by molar-refractivity contribution is 7.89. The Morgan fingerprint density at radius 1 is 1.12 bits per heavy atom. The third-order valence-electron chi connectivity index (χ3n) is 5.73. The number of sulfonamides is 1. The highest BCUT2D eigenvalue weighted by atomic mass is 32.2. The van der Waals surface area contributed by atoms with Crippen LogP contribution in [0, 0.1) is 5.92 Å². The average Bonchev–Trinajstić information content (AvgIpc) is 2.83. The van der Waals surface area contributed by atoms with Gasteiger partial charge in [-0.25, -0.2) is 8.42 Å². The average molecular weight is 475 g/mol. The van der Waals surface area contributed by atoms with Crippen molar-refractivity contribution in [3.63, 3.8) is 0 Å². The second-order valence-corrected chi connectivity index (χ2v) is 10.6. The van der Waals surface area contributed by atoms with Crippen LogP contribution in [-0.2, 0) is 26.0 Å². The van der Waals surface area contributed by atoms with E-state index in [0.29, 0.717) is 50.0 Å². The lowest BCUT2D eigenvalue weighted by molar-refractivity contribution is -0.121. The van der Waals surface area contributed by atoms with Crippen LogP contribution in [0.15, 0.2) is 53.4 Å². The molecule has 1 atom stereocenters. The Kier molecular flexibility index (Phi) is 8.88. The Morgan fingerprint density at radius 3 is 2.45 bits per heavy atom. The zero-order valence-corrected chi connectivity index (χ0v) is 20.4. The van der Waals surface area contributed by atoms with Crippen molar-refractivity contribution in [3.8, 4) is 5.75 Å². The predicted molar refractivity (Wildman–Crippen MR) is 128 cm³/mol. The molecule has 8 heteroatoms. The molecule has 0 spiro atoms. The summed E-state index contributed by atoms with van der Waals surface area (Å²) in [6, 6.07) is 14.7. The van der Waals surface area contributed by atoms with E-state index in [1.54, 1.807) is 25.3 Å². The van der Waals surface area contributed by atoms with E-state index in [1.165, 1.54) is 4.31 Å². The molecule has 7 nitrogen and oxygen atoms in total. The molecule has 0 unspecified atom stereocenters. The number of amides is 1. The van der Waals surface area contributed by atoms with Gasteiger partial charge in [0, 0.05) is 19.5 Å². The van der Waals surface area contributed by atoms with Gasteiger partial charge in [0.15, 0.2) is 0 Å². The maximum atomic E-state index is 13.0. The molecule has 0 saturated carbocycles. The molecule has 2 aromatic rings. The minimum Gasteiger partial charge on any atom is -0.496 e. The Hall–Kier alpha value is -2.42. The molecule has 0 aromatic heterocycles. The van der Waals surface area contributed by atoms with Gasteiger partial charge in [-0.05, 0) is 48.1 Å². The summed E-state index contributed by atoms with van der Waals surface area (Å²) in [5.41, 5.74) is 1.78. The zero-order valence-electron chi connectivity index (χ0n) is 19.6. The molecule has 1 amide bonds. The van der Waals surface area contributed by atoms with Crippen LogP contribution in [-0.4, -0.2) is 52.0 Å². The molecule has 1 aliphatic rings. The summed E-state index contributed by atoms with van der Waals surface area (Å²) in [5.74, 6) is 0.927. The van der Waals surface area contributed by atoms with Gasteiger partial charge in [-0.1, -0.05) is 44.2 Å². The topological polar surface area (TPSA) is 84.9 Å². The molecular formula is C25H34N2O5S. The van der Waals surface area contributed by atoms with Gasteiger partial charge < -0.3 is 14.8 Å². The minimum absolute atomic E-state index is 0.0615. The molecule has 1 aliphatic heterocycles. The highest BCUT2D eigenvalue weighted by Crippen LogP contribution is 2.27. The zero-order chi connectivity index (χ0) is 23.8.